The van der Waals surface area contributed by atoms with Crippen molar-refractivity contribution in [1.82, 2.24) is 9.88 Å². The Morgan fingerprint density at radius 3 is 2.53 bits per heavy atom. The second-order valence-electron chi connectivity index (χ2n) is 11.2. The number of nitrogens with zero attached hydrogens (tertiary/aromatic N) is 2. The van der Waals surface area contributed by atoms with Crippen LogP contribution in [0.25, 0.3) is 22.0 Å². The average molecular weight is 458 g/mol. The summed E-state index contributed by atoms with van der Waals surface area (Å²) < 4.78 is 6.53. The monoisotopic (exact) mass is 457 g/mol. The van der Waals surface area contributed by atoms with Gasteiger partial charge in [0.1, 0.15) is 11.6 Å². The van der Waals surface area contributed by atoms with Gasteiger partial charge in [0.15, 0.2) is 0 Å². The van der Waals surface area contributed by atoms with Gasteiger partial charge in [-0.2, -0.15) is 0 Å². The zero-order valence-electron chi connectivity index (χ0n) is 21.3. The molecule has 1 aromatic heterocycles. The van der Waals surface area contributed by atoms with E-state index in [4.69, 9.17) is 9.72 Å². The normalized spacial score (nSPS) is 25.1. The summed E-state index contributed by atoms with van der Waals surface area (Å²) >= 11 is 0. The maximum atomic E-state index is 6.53. The molecule has 34 heavy (non-hydrogen) atoms. The number of hydrogen-bond donors (Lipinski definition) is 1. The van der Waals surface area contributed by atoms with Gasteiger partial charge in [0.05, 0.1) is 11.8 Å². The van der Waals surface area contributed by atoms with Crippen LogP contribution in [-0.2, 0) is 0 Å². The smallest absolute Gasteiger partial charge is 0.127 e. The van der Waals surface area contributed by atoms with Gasteiger partial charge in [0.25, 0.3) is 0 Å². The molecule has 4 heteroatoms. The van der Waals surface area contributed by atoms with E-state index in [1.54, 1.807) is 0 Å². The van der Waals surface area contributed by atoms with Crippen LogP contribution < -0.4 is 10.1 Å². The van der Waals surface area contributed by atoms with Gasteiger partial charge < -0.3 is 10.1 Å². The molecule has 1 aliphatic heterocycles. The van der Waals surface area contributed by atoms with Crippen molar-refractivity contribution < 1.29 is 4.74 Å². The SMILES string of the molecule is CC(C)Nc1cc2ccccc2c(-c2ccc(OC3CCC4N(C(C)C)CCC4(C)C3)cc2)n1. The molecule has 0 spiro atoms. The van der Waals surface area contributed by atoms with E-state index >= 15 is 0 Å². The summed E-state index contributed by atoms with van der Waals surface area (Å²) in [5, 5.41) is 5.84. The summed E-state index contributed by atoms with van der Waals surface area (Å²) in [6.45, 7) is 12.7. The second kappa shape index (κ2) is 9.22. The van der Waals surface area contributed by atoms with Gasteiger partial charge >= 0.3 is 0 Å². The molecule has 3 unspecified atom stereocenters. The molecule has 4 nitrogen and oxygen atoms in total. The van der Waals surface area contributed by atoms with Crippen LogP contribution in [0.15, 0.2) is 54.6 Å². The van der Waals surface area contributed by atoms with Crippen molar-refractivity contribution in [2.45, 2.75) is 84.5 Å². The summed E-state index contributed by atoms with van der Waals surface area (Å²) in [5.41, 5.74) is 2.51. The van der Waals surface area contributed by atoms with Crippen LogP contribution in [0.1, 0.15) is 60.3 Å². The average Bonchev–Trinajstić information content (AvgIpc) is 3.15. The van der Waals surface area contributed by atoms with E-state index in [1.807, 2.05) is 0 Å². The van der Waals surface area contributed by atoms with E-state index in [2.05, 4.69) is 99.4 Å². The van der Waals surface area contributed by atoms with Gasteiger partial charge in [-0.3, -0.25) is 4.90 Å². The maximum Gasteiger partial charge on any atom is 0.127 e. The summed E-state index contributed by atoms with van der Waals surface area (Å²) in [7, 11) is 0. The first kappa shape index (κ1) is 23.2. The largest absolute Gasteiger partial charge is 0.490 e. The molecule has 180 valence electrons. The number of fused-ring (bicyclic) bond motifs is 2. The lowest BCUT2D eigenvalue weighted by Crippen LogP contribution is -2.47. The van der Waals surface area contributed by atoms with Crippen LogP contribution in [0.4, 0.5) is 5.82 Å². The first-order valence-electron chi connectivity index (χ1n) is 13.0. The van der Waals surface area contributed by atoms with Crippen LogP contribution >= 0.6 is 0 Å². The Bertz CT molecular complexity index is 1140. The molecule has 1 aliphatic carbocycles. The summed E-state index contributed by atoms with van der Waals surface area (Å²) in [5.74, 6) is 1.89. The molecule has 2 aromatic carbocycles. The lowest BCUT2D eigenvalue weighted by atomic mass is 9.70. The number of ether oxygens (including phenoxy) is 1. The molecule has 2 fully saturated rings. The van der Waals surface area contributed by atoms with E-state index in [0.29, 0.717) is 29.6 Å². The first-order chi connectivity index (χ1) is 16.3. The van der Waals surface area contributed by atoms with Gasteiger partial charge in [-0.25, -0.2) is 4.98 Å². The number of pyridine rings is 1. The van der Waals surface area contributed by atoms with Crippen LogP contribution in [0, 0.1) is 5.41 Å². The Hall–Kier alpha value is -2.59. The lowest BCUT2D eigenvalue weighted by molar-refractivity contribution is 0.0274. The summed E-state index contributed by atoms with van der Waals surface area (Å²) in [6, 6.07) is 20.9. The molecule has 5 rings (SSSR count). The van der Waals surface area contributed by atoms with E-state index in [1.165, 1.54) is 30.2 Å². The first-order valence-corrected chi connectivity index (χ1v) is 13.0. The molecule has 1 saturated carbocycles. The van der Waals surface area contributed by atoms with Crippen molar-refractivity contribution in [3.63, 3.8) is 0 Å². The number of nitrogens with one attached hydrogen (secondary N) is 1. The number of benzene rings is 2. The highest BCUT2D eigenvalue weighted by molar-refractivity contribution is 5.96. The van der Waals surface area contributed by atoms with Crippen LogP contribution in [0.2, 0.25) is 0 Å². The molecular weight excluding hydrogens is 418 g/mol. The molecule has 0 bridgehead atoms. The molecule has 0 amide bonds. The van der Waals surface area contributed by atoms with Crippen molar-refractivity contribution in [2.24, 2.45) is 5.41 Å². The second-order valence-corrected chi connectivity index (χ2v) is 11.2. The van der Waals surface area contributed by atoms with Gasteiger partial charge in [-0.15, -0.1) is 0 Å². The number of anilines is 1. The Balaban J connectivity index is 1.34. The third-order valence-electron chi connectivity index (χ3n) is 7.87. The van der Waals surface area contributed by atoms with Crippen molar-refractivity contribution in [3.05, 3.63) is 54.6 Å². The van der Waals surface area contributed by atoms with E-state index in [9.17, 15) is 0 Å². The minimum absolute atomic E-state index is 0.303. The van der Waals surface area contributed by atoms with Crippen molar-refractivity contribution in [2.75, 3.05) is 11.9 Å². The van der Waals surface area contributed by atoms with Gasteiger partial charge in [-0.1, -0.05) is 31.2 Å². The van der Waals surface area contributed by atoms with Crippen LogP contribution in [0.3, 0.4) is 0 Å². The maximum absolute atomic E-state index is 6.53. The van der Waals surface area contributed by atoms with E-state index < -0.39 is 0 Å². The number of rotatable bonds is 6. The van der Waals surface area contributed by atoms with Gasteiger partial charge in [0.2, 0.25) is 0 Å². The minimum atomic E-state index is 0.303. The third-order valence-corrected chi connectivity index (χ3v) is 7.87. The molecule has 2 aliphatic rings. The highest BCUT2D eigenvalue weighted by atomic mass is 16.5. The van der Waals surface area contributed by atoms with Gasteiger partial charge in [-0.05, 0) is 101 Å². The molecular formula is C30H39N3O. The van der Waals surface area contributed by atoms with Crippen LogP contribution in [-0.4, -0.2) is 40.7 Å². The fourth-order valence-electron chi connectivity index (χ4n) is 6.22. The van der Waals surface area contributed by atoms with E-state index in [-0.39, 0.29) is 0 Å². The number of likely N-dealkylation sites (tertiary alicyclic amines) is 1. The Labute approximate surface area is 204 Å². The Morgan fingerprint density at radius 1 is 1.03 bits per heavy atom. The van der Waals surface area contributed by atoms with Crippen molar-refractivity contribution in [1.29, 1.82) is 0 Å². The van der Waals surface area contributed by atoms with Crippen molar-refractivity contribution >= 4 is 16.6 Å². The summed E-state index contributed by atoms with van der Waals surface area (Å²) in [6.07, 6.45) is 5.12. The highest BCUT2D eigenvalue weighted by Crippen LogP contribution is 2.48. The highest BCUT2D eigenvalue weighted by Gasteiger charge is 2.48. The molecule has 3 aromatic rings. The minimum Gasteiger partial charge on any atom is -0.490 e. The number of aromatic nitrogens is 1. The zero-order valence-corrected chi connectivity index (χ0v) is 21.3. The van der Waals surface area contributed by atoms with Crippen LogP contribution in [0.5, 0.6) is 5.75 Å². The molecule has 1 N–H and O–H groups in total. The third kappa shape index (κ3) is 4.53. The lowest BCUT2D eigenvalue weighted by Gasteiger charge is -2.43. The predicted molar refractivity (Wildman–Crippen MR) is 143 cm³/mol. The zero-order chi connectivity index (χ0) is 23.9. The molecule has 1 saturated heterocycles. The fourth-order valence-corrected chi connectivity index (χ4v) is 6.22. The molecule has 0 radical (unpaired) electrons. The fraction of sp³-hybridized carbons (Fsp3) is 0.500. The molecule has 2 heterocycles. The topological polar surface area (TPSA) is 37.4 Å². The standard InChI is InChI=1S/C30H39N3O/c1-20(2)31-28-18-23-8-6-7-9-26(23)29(32-28)22-10-12-24(13-11-22)34-25-14-15-27-30(5,19-25)16-17-33(27)21(3)4/h6-13,18,20-21,25,27H,14-17,19H2,1-5H3,(H,31,32). The van der Waals surface area contributed by atoms with Crippen molar-refractivity contribution in [3.8, 4) is 17.0 Å². The Morgan fingerprint density at radius 2 is 1.79 bits per heavy atom. The number of hydrogen-bond acceptors (Lipinski definition) is 4. The van der Waals surface area contributed by atoms with E-state index in [0.717, 1.165) is 35.7 Å². The Kier molecular flexibility index (Phi) is 6.28. The quantitative estimate of drug-likeness (QED) is 0.427. The molecule has 3 atom stereocenters. The van der Waals surface area contributed by atoms with Gasteiger partial charge in [0, 0.05) is 29.1 Å². The predicted octanol–water partition coefficient (Wildman–Crippen LogP) is 7.14. The summed E-state index contributed by atoms with van der Waals surface area (Å²) in [4.78, 5) is 7.68.